The Balaban J connectivity index is 1.51. The Hall–Kier alpha value is -2.44. The summed E-state index contributed by atoms with van der Waals surface area (Å²) in [6.07, 6.45) is 0.269. The highest BCUT2D eigenvalue weighted by Gasteiger charge is 2.34. The van der Waals surface area contributed by atoms with Crippen LogP contribution in [0.25, 0.3) is 0 Å². The molecule has 2 amide bonds. The van der Waals surface area contributed by atoms with E-state index in [1.165, 1.54) is 0 Å². The molecule has 0 saturated heterocycles. The van der Waals surface area contributed by atoms with Crippen molar-refractivity contribution in [2.75, 3.05) is 0 Å². The maximum absolute atomic E-state index is 12.9. The third kappa shape index (κ3) is 3.43. The molecule has 1 N–H and O–H groups in total. The molecule has 1 aromatic carbocycles. The molecule has 1 atom stereocenters. The van der Waals surface area contributed by atoms with Gasteiger partial charge < -0.3 is 10.2 Å². The molecule has 0 saturated carbocycles. The van der Waals surface area contributed by atoms with Crippen molar-refractivity contribution >= 4 is 34.5 Å². The summed E-state index contributed by atoms with van der Waals surface area (Å²) in [4.78, 5) is 29.4. The van der Waals surface area contributed by atoms with Crippen molar-refractivity contribution in [1.82, 2.24) is 10.2 Å². The Morgan fingerprint density at radius 1 is 1.08 bits per heavy atom. The van der Waals surface area contributed by atoms with Gasteiger partial charge in [-0.2, -0.15) is 0 Å². The van der Waals surface area contributed by atoms with Crippen molar-refractivity contribution < 1.29 is 9.59 Å². The number of carbonyl (C=O) groups excluding carboxylic acids is 2. The van der Waals surface area contributed by atoms with Crippen LogP contribution in [0.5, 0.6) is 0 Å². The molecule has 1 aliphatic heterocycles. The third-order valence-corrected chi connectivity index (χ3v) is 6.37. The lowest BCUT2D eigenvalue weighted by Crippen LogP contribution is -2.33. The number of nitrogens with zero attached hydrogens (tertiary/aromatic N) is 1. The minimum Gasteiger partial charge on any atom is -0.351 e. The largest absolute Gasteiger partial charge is 0.351 e. The maximum Gasteiger partial charge on any atom is 0.255 e. The first-order chi connectivity index (χ1) is 12.7. The second-order valence-electron chi connectivity index (χ2n) is 6.18. The van der Waals surface area contributed by atoms with Crippen LogP contribution in [0, 0.1) is 0 Å². The number of amides is 2. The van der Waals surface area contributed by atoms with E-state index in [0.717, 1.165) is 20.9 Å². The van der Waals surface area contributed by atoms with E-state index in [1.54, 1.807) is 22.7 Å². The fourth-order valence-electron chi connectivity index (χ4n) is 3.22. The normalized spacial score (nSPS) is 14.3. The fourth-order valence-corrected chi connectivity index (χ4v) is 4.70. The molecule has 0 bridgehead atoms. The number of carbonyl (C=O) groups is 2. The second-order valence-corrected chi connectivity index (χ2v) is 8.19. The van der Waals surface area contributed by atoms with E-state index in [-0.39, 0.29) is 24.3 Å². The van der Waals surface area contributed by atoms with Gasteiger partial charge >= 0.3 is 0 Å². The molecule has 0 unspecified atom stereocenters. The van der Waals surface area contributed by atoms with Gasteiger partial charge in [0, 0.05) is 21.9 Å². The fraction of sp³-hybridized carbons (Fsp3) is 0.200. The summed E-state index contributed by atoms with van der Waals surface area (Å²) in [5, 5.41) is 6.96. The van der Waals surface area contributed by atoms with Crippen LogP contribution in [0.1, 0.15) is 38.1 Å². The van der Waals surface area contributed by atoms with E-state index in [4.69, 9.17) is 0 Å². The van der Waals surface area contributed by atoms with Gasteiger partial charge in [-0.15, -0.1) is 22.7 Å². The molecular formula is C20H18N2O2S2. The Labute approximate surface area is 160 Å². The number of fused-ring (bicyclic) bond motifs is 1. The molecule has 0 spiro atoms. The highest BCUT2D eigenvalue weighted by atomic mass is 32.1. The Kier molecular flexibility index (Phi) is 4.86. The summed E-state index contributed by atoms with van der Waals surface area (Å²) in [5.74, 6) is -0.0365. The molecule has 4 rings (SSSR count). The Morgan fingerprint density at radius 3 is 2.62 bits per heavy atom. The van der Waals surface area contributed by atoms with Gasteiger partial charge in [0.05, 0.1) is 19.0 Å². The molecule has 0 radical (unpaired) electrons. The first-order valence-electron chi connectivity index (χ1n) is 8.44. The van der Waals surface area contributed by atoms with Crippen molar-refractivity contribution in [3.8, 4) is 0 Å². The summed E-state index contributed by atoms with van der Waals surface area (Å²) in [6, 6.07) is 15.4. The lowest BCUT2D eigenvalue weighted by Gasteiger charge is -2.26. The first-order valence-corrected chi connectivity index (χ1v) is 10.2. The van der Waals surface area contributed by atoms with Gasteiger partial charge in [-0.05, 0) is 34.5 Å². The second kappa shape index (κ2) is 7.43. The van der Waals surface area contributed by atoms with Crippen molar-refractivity contribution in [1.29, 1.82) is 0 Å². The van der Waals surface area contributed by atoms with Gasteiger partial charge in [-0.3, -0.25) is 9.59 Å². The lowest BCUT2D eigenvalue weighted by atomic mass is 10.1. The number of nitrogens with one attached hydrogen (secondary N) is 1. The molecular weight excluding hydrogens is 364 g/mol. The molecule has 6 heteroatoms. The lowest BCUT2D eigenvalue weighted by molar-refractivity contribution is -0.122. The minimum absolute atomic E-state index is 0.00468. The molecule has 3 aromatic rings. The highest BCUT2D eigenvalue weighted by molar-refractivity contribution is 7.10. The SMILES string of the molecule is O=C(C[C@H](c1cccs1)N1Cc2ccccc2C1=O)NCc1cccs1. The monoisotopic (exact) mass is 382 g/mol. The van der Waals surface area contributed by atoms with Gasteiger partial charge in [0.15, 0.2) is 0 Å². The Bertz CT molecular complexity index is 904. The molecule has 3 heterocycles. The number of hydrogen-bond donors (Lipinski definition) is 1. The maximum atomic E-state index is 12.9. The predicted molar refractivity (Wildman–Crippen MR) is 104 cm³/mol. The van der Waals surface area contributed by atoms with Crippen LogP contribution < -0.4 is 5.32 Å². The van der Waals surface area contributed by atoms with Gasteiger partial charge in [0.2, 0.25) is 5.91 Å². The van der Waals surface area contributed by atoms with Crippen molar-refractivity contribution in [3.63, 3.8) is 0 Å². The van der Waals surface area contributed by atoms with Crippen LogP contribution in [0.4, 0.5) is 0 Å². The smallest absolute Gasteiger partial charge is 0.255 e. The zero-order chi connectivity index (χ0) is 17.9. The molecule has 2 aromatic heterocycles. The van der Waals surface area contributed by atoms with E-state index in [2.05, 4.69) is 5.32 Å². The molecule has 0 aliphatic carbocycles. The quantitative estimate of drug-likeness (QED) is 0.694. The zero-order valence-electron chi connectivity index (χ0n) is 14.1. The van der Waals surface area contributed by atoms with Crippen LogP contribution in [-0.4, -0.2) is 16.7 Å². The summed E-state index contributed by atoms with van der Waals surface area (Å²) >= 11 is 3.21. The van der Waals surface area contributed by atoms with Crippen LogP contribution >= 0.6 is 22.7 Å². The number of rotatable bonds is 6. The van der Waals surface area contributed by atoms with E-state index < -0.39 is 0 Å². The van der Waals surface area contributed by atoms with E-state index >= 15 is 0 Å². The predicted octanol–water partition coefficient (Wildman–Crippen LogP) is 4.21. The van der Waals surface area contributed by atoms with Gasteiger partial charge in [0.25, 0.3) is 5.91 Å². The minimum atomic E-state index is -0.238. The van der Waals surface area contributed by atoms with Crippen LogP contribution in [0.3, 0.4) is 0 Å². The molecule has 0 fully saturated rings. The van der Waals surface area contributed by atoms with E-state index in [0.29, 0.717) is 13.1 Å². The summed E-state index contributed by atoms with van der Waals surface area (Å²) in [7, 11) is 0. The van der Waals surface area contributed by atoms with Gasteiger partial charge in [-0.25, -0.2) is 0 Å². The summed E-state index contributed by atoms with van der Waals surface area (Å²) < 4.78 is 0. The number of benzene rings is 1. The average Bonchev–Trinajstić information content (AvgIpc) is 3.40. The van der Waals surface area contributed by atoms with Gasteiger partial charge in [0.1, 0.15) is 0 Å². The van der Waals surface area contributed by atoms with Gasteiger partial charge in [-0.1, -0.05) is 30.3 Å². The van der Waals surface area contributed by atoms with Crippen LogP contribution in [-0.2, 0) is 17.9 Å². The van der Waals surface area contributed by atoms with Crippen molar-refractivity contribution in [2.45, 2.75) is 25.6 Å². The molecule has 1 aliphatic rings. The standard InChI is InChI=1S/C20H18N2O2S2/c23-19(21-12-15-6-3-9-25-15)11-17(18-8-4-10-26-18)22-13-14-5-1-2-7-16(14)20(22)24/h1-10,17H,11-13H2,(H,21,23)/t17-/m1/s1. The zero-order valence-corrected chi connectivity index (χ0v) is 15.7. The molecule has 26 heavy (non-hydrogen) atoms. The van der Waals surface area contributed by atoms with E-state index in [9.17, 15) is 9.59 Å². The Morgan fingerprint density at radius 2 is 1.88 bits per heavy atom. The van der Waals surface area contributed by atoms with Crippen LogP contribution in [0.2, 0.25) is 0 Å². The molecule has 4 nitrogen and oxygen atoms in total. The van der Waals surface area contributed by atoms with Crippen molar-refractivity contribution in [3.05, 3.63) is 80.2 Å². The van der Waals surface area contributed by atoms with Crippen molar-refractivity contribution in [2.24, 2.45) is 0 Å². The number of hydrogen-bond acceptors (Lipinski definition) is 4. The highest BCUT2D eigenvalue weighted by Crippen LogP contribution is 2.35. The average molecular weight is 383 g/mol. The topological polar surface area (TPSA) is 49.4 Å². The van der Waals surface area contributed by atoms with E-state index in [1.807, 2.05) is 64.2 Å². The summed E-state index contributed by atoms with van der Waals surface area (Å²) in [5.41, 5.74) is 1.77. The third-order valence-electron chi connectivity index (χ3n) is 4.52. The molecule has 132 valence electrons. The first kappa shape index (κ1) is 17.0. The number of thiophene rings is 2. The summed E-state index contributed by atoms with van der Waals surface area (Å²) in [6.45, 7) is 1.08. The van der Waals surface area contributed by atoms with Crippen LogP contribution in [0.15, 0.2) is 59.3 Å².